The van der Waals surface area contributed by atoms with Crippen LogP contribution in [0.1, 0.15) is 17.3 Å². The fourth-order valence-corrected chi connectivity index (χ4v) is 2.96. The largest absolute Gasteiger partial charge is 0.494 e. The van der Waals surface area contributed by atoms with Crippen LogP contribution in [-0.2, 0) is 6.54 Å². The first-order chi connectivity index (χ1) is 11.8. The number of benzene rings is 1. The molecule has 0 aliphatic rings. The summed E-state index contributed by atoms with van der Waals surface area (Å²) in [4.78, 5) is 12.1. The number of hydrogen-bond acceptors (Lipinski definition) is 4. The number of nitrogens with one attached hydrogen (secondary N) is 1. The van der Waals surface area contributed by atoms with Crippen LogP contribution in [0.3, 0.4) is 0 Å². The van der Waals surface area contributed by atoms with Gasteiger partial charge in [0, 0.05) is 29.2 Å². The van der Waals surface area contributed by atoms with Gasteiger partial charge in [0.2, 0.25) is 0 Å². The van der Waals surface area contributed by atoms with Crippen molar-refractivity contribution in [1.29, 1.82) is 0 Å². The van der Waals surface area contributed by atoms with Gasteiger partial charge in [-0.25, -0.2) is 0 Å². The van der Waals surface area contributed by atoms with Gasteiger partial charge in [-0.05, 0) is 48.7 Å². The molecule has 0 saturated heterocycles. The summed E-state index contributed by atoms with van der Waals surface area (Å²) < 4.78 is 7.21. The molecule has 0 spiro atoms. The summed E-state index contributed by atoms with van der Waals surface area (Å²) in [7, 11) is 0. The molecular weight excluding hydrogens is 322 g/mol. The molecule has 0 saturated carbocycles. The molecule has 3 rings (SSSR count). The first kappa shape index (κ1) is 16.3. The summed E-state index contributed by atoms with van der Waals surface area (Å²) in [5.74, 6) is 0.676. The third kappa shape index (κ3) is 4.02. The monoisotopic (exact) mass is 341 g/mol. The summed E-state index contributed by atoms with van der Waals surface area (Å²) in [6, 6.07) is 11.2. The fourth-order valence-electron chi connectivity index (χ4n) is 2.31. The Kier molecular flexibility index (Phi) is 5.28. The van der Waals surface area contributed by atoms with Gasteiger partial charge in [0.1, 0.15) is 5.75 Å². The van der Waals surface area contributed by atoms with Crippen molar-refractivity contribution in [2.45, 2.75) is 13.5 Å². The summed E-state index contributed by atoms with van der Waals surface area (Å²) in [5, 5.41) is 11.5. The second kappa shape index (κ2) is 7.79. The first-order valence-corrected chi connectivity index (χ1v) is 8.77. The second-order valence-electron chi connectivity index (χ2n) is 5.19. The Morgan fingerprint density at radius 3 is 2.79 bits per heavy atom. The van der Waals surface area contributed by atoms with E-state index in [1.54, 1.807) is 35.6 Å². The zero-order chi connectivity index (χ0) is 16.8. The van der Waals surface area contributed by atoms with Gasteiger partial charge in [-0.3, -0.25) is 9.48 Å². The third-order valence-electron chi connectivity index (χ3n) is 3.51. The van der Waals surface area contributed by atoms with Crippen LogP contribution in [0.15, 0.2) is 53.4 Å². The van der Waals surface area contributed by atoms with Gasteiger partial charge in [-0.15, -0.1) is 0 Å². The Bertz CT molecular complexity index is 779. The van der Waals surface area contributed by atoms with E-state index in [1.165, 1.54) is 0 Å². The van der Waals surface area contributed by atoms with Crippen molar-refractivity contribution in [3.8, 4) is 17.0 Å². The molecule has 0 aliphatic carbocycles. The molecule has 124 valence electrons. The van der Waals surface area contributed by atoms with Crippen LogP contribution < -0.4 is 10.1 Å². The molecule has 2 aromatic heterocycles. The van der Waals surface area contributed by atoms with E-state index in [-0.39, 0.29) is 5.91 Å². The van der Waals surface area contributed by atoms with Crippen molar-refractivity contribution in [3.63, 3.8) is 0 Å². The molecule has 0 fully saturated rings. The van der Waals surface area contributed by atoms with Gasteiger partial charge in [-0.1, -0.05) is 0 Å². The standard InChI is InChI=1S/C18H19N3O2S/c1-2-23-16-5-3-14(4-6-16)18(22)19-9-11-21-10-7-17(20-21)15-8-12-24-13-15/h3-8,10,12-13H,2,9,11H2,1H3,(H,19,22). The number of ether oxygens (including phenoxy) is 1. The topological polar surface area (TPSA) is 56.1 Å². The Balaban J connectivity index is 1.50. The van der Waals surface area contributed by atoms with E-state index in [0.717, 1.165) is 17.0 Å². The van der Waals surface area contributed by atoms with Crippen LogP contribution in [0.25, 0.3) is 11.3 Å². The lowest BCUT2D eigenvalue weighted by molar-refractivity contribution is 0.0952. The molecule has 0 unspecified atom stereocenters. The maximum atomic E-state index is 12.1. The van der Waals surface area contributed by atoms with Gasteiger partial charge < -0.3 is 10.1 Å². The van der Waals surface area contributed by atoms with Crippen molar-refractivity contribution < 1.29 is 9.53 Å². The number of nitrogens with zero attached hydrogens (tertiary/aromatic N) is 2. The average molecular weight is 341 g/mol. The van der Waals surface area contributed by atoms with E-state index in [9.17, 15) is 4.79 Å². The second-order valence-corrected chi connectivity index (χ2v) is 5.97. The van der Waals surface area contributed by atoms with Gasteiger partial charge in [0.15, 0.2) is 0 Å². The summed E-state index contributed by atoms with van der Waals surface area (Å²) in [5.41, 5.74) is 2.70. The maximum Gasteiger partial charge on any atom is 0.251 e. The van der Waals surface area contributed by atoms with E-state index < -0.39 is 0 Å². The number of rotatable bonds is 7. The molecule has 24 heavy (non-hydrogen) atoms. The number of hydrogen-bond donors (Lipinski definition) is 1. The van der Waals surface area contributed by atoms with E-state index in [0.29, 0.717) is 25.3 Å². The average Bonchev–Trinajstić information content (AvgIpc) is 3.27. The number of thiophene rings is 1. The van der Waals surface area contributed by atoms with E-state index in [4.69, 9.17) is 4.74 Å². The number of amides is 1. The highest BCUT2D eigenvalue weighted by Gasteiger charge is 2.06. The minimum Gasteiger partial charge on any atom is -0.494 e. The fraction of sp³-hybridized carbons (Fsp3) is 0.222. The van der Waals surface area contributed by atoms with Crippen LogP contribution in [0.5, 0.6) is 5.75 Å². The van der Waals surface area contributed by atoms with Crippen molar-refractivity contribution in [2.24, 2.45) is 0 Å². The Morgan fingerprint density at radius 1 is 1.25 bits per heavy atom. The van der Waals surface area contributed by atoms with Crippen molar-refractivity contribution >= 4 is 17.2 Å². The molecular formula is C18H19N3O2S. The zero-order valence-electron chi connectivity index (χ0n) is 13.4. The van der Waals surface area contributed by atoms with Crippen LogP contribution >= 0.6 is 11.3 Å². The van der Waals surface area contributed by atoms with Gasteiger partial charge in [0.25, 0.3) is 5.91 Å². The number of carbonyl (C=O) groups is 1. The van der Waals surface area contributed by atoms with E-state index in [1.807, 2.05) is 35.3 Å². The smallest absolute Gasteiger partial charge is 0.251 e. The Morgan fingerprint density at radius 2 is 2.08 bits per heavy atom. The maximum absolute atomic E-state index is 12.1. The SMILES string of the molecule is CCOc1ccc(C(=O)NCCn2ccc(-c3ccsc3)n2)cc1. The zero-order valence-corrected chi connectivity index (χ0v) is 14.3. The van der Waals surface area contributed by atoms with Crippen molar-refractivity contribution in [2.75, 3.05) is 13.2 Å². The lowest BCUT2D eigenvalue weighted by Gasteiger charge is -2.07. The molecule has 5 nitrogen and oxygen atoms in total. The first-order valence-electron chi connectivity index (χ1n) is 7.83. The van der Waals surface area contributed by atoms with Gasteiger partial charge >= 0.3 is 0 Å². The molecule has 0 atom stereocenters. The van der Waals surface area contributed by atoms with Crippen molar-refractivity contribution in [1.82, 2.24) is 15.1 Å². The third-order valence-corrected chi connectivity index (χ3v) is 4.19. The molecule has 1 N–H and O–H groups in total. The van der Waals surface area contributed by atoms with E-state index >= 15 is 0 Å². The predicted molar refractivity (Wildman–Crippen MR) is 95.5 cm³/mol. The lowest BCUT2D eigenvalue weighted by atomic mass is 10.2. The lowest BCUT2D eigenvalue weighted by Crippen LogP contribution is -2.27. The number of aromatic nitrogens is 2. The molecule has 0 aliphatic heterocycles. The minimum absolute atomic E-state index is 0.0942. The molecule has 0 radical (unpaired) electrons. The molecule has 1 amide bonds. The minimum atomic E-state index is -0.0942. The van der Waals surface area contributed by atoms with Crippen molar-refractivity contribution in [3.05, 3.63) is 58.9 Å². The van der Waals surface area contributed by atoms with Crippen LogP contribution in [0, 0.1) is 0 Å². The highest BCUT2D eigenvalue weighted by Crippen LogP contribution is 2.19. The van der Waals surface area contributed by atoms with Crippen LogP contribution in [0.4, 0.5) is 0 Å². The molecule has 6 heteroatoms. The highest BCUT2D eigenvalue weighted by atomic mass is 32.1. The quantitative estimate of drug-likeness (QED) is 0.716. The van der Waals surface area contributed by atoms with Gasteiger partial charge in [0.05, 0.1) is 18.8 Å². The number of carbonyl (C=O) groups excluding carboxylic acids is 1. The molecule has 0 bridgehead atoms. The van der Waals surface area contributed by atoms with E-state index in [2.05, 4.69) is 15.8 Å². The van der Waals surface area contributed by atoms with Crippen LogP contribution in [0.2, 0.25) is 0 Å². The molecule has 3 aromatic rings. The molecule has 1 aromatic carbocycles. The van der Waals surface area contributed by atoms with Gasteiger partial charge in [-0.2, -0.15) is 16.4 Å². The van der Waals surface area contributed by atoms with Crippen LogP contribution in [-0.4, -0.2) is 28.8 Å². The Hall–Kier alpha value is -2.60. The summed E-state index contributed by atoms with van der Waals surface area (Å²) >= 11 is 1.65. The summed E-state index contributed by atoms with van der Waals surface area (Å²) in [6.07, 6.45) is 1.93. The Labute approximate surface area is 144 Å². The predicted octanol–water partition coefficient (Wildman–Crippen LogP) is 3.44. The summed E-state index contributed by atoms with van der Waals surface area (Å²) in [6.45, 7) is 3.70. The normalized spacial score (nSPS) is 10.5. The molecule has 2 heterocycles. The highest BCUT2D eigenvalue weighted by molar-refractivity contribution is 7.08.